The first kappa shape index (κ1) is 13.3. The van der Waals surface area contributed by atoms with Crippen molar-refractivity contribution in [2.75, 3.05) is 26.4 Å². The lowest BCUT2D eigenvalue weighted by Gasteiger charge is -2.23. The van der Waals surface area contributed by atoms with E-state index in [0.717, 1.165) is 26.2 Å². The van der Waals surface area contributed by atoms with Crippen molar-refractivity contribution in [1.29, 1.82) is 0 Å². The first-order valence-corrected chi connectivity index (χ1v) is 6.49. The molecule has 18 heavy (non-hydrogen) atoms. The Morgan fingerprint density at radius 2 is 2.44 bits per heavy atom. The van der Waals surface area contributed by atoms with Crippen LogP contribution in [-0.4, -0.2) is 32.4 Å². The van der Waals surface area contributed by atoms with Crippen molar-refractivity contribution < 1.29 is 13.9 Å². The Morgan fingerprint density at radius 3 is 3.11 bits per heavy atom. The van der Waals surface area contributed by atoms with E-state index in [1.165, 1.54) is 12.1 Å². The standard InChI is InChI=1S/C14H20FNO2/c1-2-16-14(11-6-7-17-9-11)10-18-13-5-3-4-12(15)8-13/h3-5,8,11,14,16H,2,6-7,9-10H2,1H3. The fraction of sp³-hybridized carbons (Fsp3) is 0.571. The molecule has 0 bridgehead atoms. The molecule has 0 amide bonds. The third kappa shape index (κ3) is 3.68. The lowest BCUT2D eigenvalue weighted by molar-refractivity contribution is 0.160. The fourth-order valence-electron chi connectivity index (χ4n) is 2.24. The van der Waals surface area contributed by atoms with Crippen LogP contribution < -0.4 is 10.1 Å². The molecule has 0 aliphatic carbocycles. The zero-order chi connectivity index (χ0) is 12.8. The molecular formula is C14H20FNO2. The van der Waals surface area contributed by atoms with Crippen LogP contribution >= 0.6 is 0 Å². The quantitative estimate of drug-likeness (QED) is 0.843. The Balaban J connectivity index is 1.88. The summed E-state index contributed by atoms with van der Waals surface area (Å²) >= 11 is 0. The summed E-state index contributed by atoms with van der Waals surface area (Å²) in [6.45, 7) is 5.13. The Labute approximate surface area is 107 Å². The average molecular weight is 253 g/mol. The van der Waals surface area contributed by atoms with E-state index in [2.05, 4.69) is 12.2 Å². The van der Waals surface area contributed by atoms with Gasteiger partial charge in [-0.05, 0) is 25.1 Å². The molecule has 1 aromatic carbocycles. The summed E-state index contributed by atoms with van der Waals surface area (Å²) in [5, 5.41) is 3.41. The van der Waals surface area contributed by atoms with Gasteiger partial charge in [-0.15, -0.1) is 0 Å². The molecule has 1 fully saturated rings. The number of benzene rings is 1. The second kappa shape index (κ2) is 6.71. The molecule has 0 aromatic heterocycles. The molecule has 1 N–H and O–H groups in total. The van der Waals surface area contributed by atoms with Gasteiger partial charge in [0.25, 0.3) is 0 Å². The number of likely N-dealkylation sites (N-methyl/N-ethyl adjacent to an activating group) is 1. The average Bonchev–Trinajstić information content (AvgIpc) is 2.88. The second-order valence-corrected chi connectivity index (χ2v) is 4.56. The highest BCUT2D eigenvalue weighted by Crippen LogP contribution is 2.19. The maximum absolute atomic E-state index is 13.0. The molecule has 0 saturated carbocycles. The maximum atomic E-state index is 13.0. The summed E-state index contributed by atoms with van der Waals surface area (Å²) in [5.74, 6) is 0.798. The number of nitrogens with one attached hydrogen (secondary N) is 1. The van der Waals surface area contributed by atoms with Crippen molar-refractivity contribution in [2.45, 2.75) is 19.4 Å². The first-order valence-electron chi connectivity index (χ1n) is 6.49. The van der Waals surface area contributed by atoms with Gasteiger partial charge in [0.2, 0.25) is 0 Å². The van der Waals surface area contributed by atoms with Gasteiger partial charge in [0.1, 0.15) is 18.2 Å². The summed E-state index contributed by atoms with van der Waals surface area (Å²) in [5.41, 5.74) is 0. The smallest absolute Gasteiger partial charge is 0.126 e. The van der Waals surface area contributed by atoms with E-state index in [0.29, 0.717) is 18.3 Å². The highest BCUT2D eigenvalue weighted by Gasteiger charge is 2.25. The minimum Gasteiger partial charge on any atom is -0.492 e. The van der Waals surface area contributed by atoms with Crippen LogP contribution in [0.25, 0.3) is 0 Å². The summed E-state index contributed by atoms with van der Waals surface area (Å²) in [7, 11) is 0. The van der Waals surface area contributed by atoms with Crippen molar-refractivity contribution in [1.82, 2.24) is 5.32 Å². The molecule has 3 nitrogen and oxygen atoms in total. The van der Waals surface area contributed by atoms with Gasteiger partial charge >= 0.3 is 0 Å². The zero-order valence-corrected chi connectivity index (χ0v) is 10.7. The Morgan fingerprint density at radius 1 is 1.56 bits per heavy atom. The molecular weight excluding hydrogens is 233 g/mol. The van der Waals surface area contributed by atoms with Crippen molar-refractivity contribution in [3.05, 3.63) is 30.1 Å². The molecule has 1 aromatic rings. The van der Waals surface area contributed by atoms with Crippen molar-refractivity contribution in [3.8, 4) is 5.75 Å². The van der Waals surface area contributed by atoms with Gasteiger partial charge in [-0.2, -0.15) is 0 Å². The van der Waals surface area contributed by atoms with E-state index in [1.54, 1.807) is 12.1 Å². The molecule has 1 saturated heterocycles. The third-order valence-corrected chi connectivity index (χ3v) is 3.23. The van der Waals surface area contributed by atoms with Gasteiger partial charge in [0.15, 0.2) is 0 Å². The predicted octanol–water partition coefficient (Wildman–Crippen LogP) is 2.22. The lowest BCUT2D eigenvalue weighted by Crippen LogP contribution is -2.41. The maximum Gasteiger partial charge on any atom is 0.126 e. The molecule has 0 radical (unpaired) electrons. The van der Waals surface area contributed by atoms with Gasteiger partial charge in [0.05, 0.1) is 6.61 Å². The first-order chi connectivity index (χ1) is 8.79. The van der Waals surface area contributed by atoms with Gasteiger partial charge in [0, 0.05) is 24.6 Å². The molecule has 0 spiro atoms. The van der Waals surface area contributed by atoms with E-state index in [-0.39, 0.29) is 11.9 Å². The van der Waals surface area contributed by atoms with Gasteiger partial charge in [-0.3, -0.25) is 0 Å². The van der Waals surface area contributed by atoms with E-state index in [9.17, 15) is 4.39 Å². The van der Waals surface area contributed by atoms with Crippen LogP contribution in [0.15, 0.2) is 24.3 Å². The number of halogens is 1. The highest BCUT2D eigenvalue weighted by atomic mass is 19.1. The SMILES string of the molecule is CCNC(COc1cccc(F)c1)C1CCOC1. The van der Waals surface area contributed by atoms with Crippen LogP contribution in [0.1, 0.15) is 13.3 Å². The summed E-state index contributed by atoms with van der Waals surface area (Å²) < 4.78 is 24.1. The van der Waals surface area contributed by atoms with Crippen LogP contribution in [-0.2, 0) is 4.74 Å². The van der Waals surface area contributed by atoms with Gasteiger partial charge < -0.3 is 14.8 Å². The van der Waals surface area contributed by atoms with Gasteiger partial charge in [-0.1, -0.05) is 13.0 Å². The highest BCUT2D eigenvalue weighted by molar-refractivity contribution is 5.22. The van der Waals surface area contributed by atoms with Crippen LogP contribution in [0.4, 0.5) is 4.39 Å². The molecule has 100 valence electrons. The third-order valence-electron chi connectivity index (χ3n) is 3.23. The molecule has 1 aliphatic rings. The van der Waals surface area contributed by atoms with Crippen LogP contribution in [0, 0.1) is 11.7 Å². The minimum atomic E-state index is -0.267. The second-order valence-electron chi connectivity index (χ2n) is 4.56. The molecule has 2 unspecified atom stereocenters. The van der Waals surface area contributed by atoms with Crippen molar-refractivity contribution in [3.63, 3.8) is 0 Å². The van der Waals surface area contributed by atoms with Gasteiger partial charge in [-0.25, -0.2) is 4.39 Å². The number of hydrogen-bond acceptors (Lipinski definition) is 3. The van der Waals surface area contributed by atoms with E-state index >= 15 is 0 Å². The van der Waals surface area contributed by atoms with Crippen LogP contribution in [0.3, 0.4) is 0 Å². The topological polar surface area (TPSA) is 30.5 Å². The van der Waals surface area contributed by atoms with E-state index < -0.39 is 0 Å². The van der Waals surface area contributed by atoms with Crippen molar-refractivity contribution >= 4 is 0 Å². The van der Waals surface area contributed by atoms with E-state index in [4.69, 9.17) is 9.47 Å². The summed E-state index contributed by atoms with van der Waals surface area (Å²) in [6.07, 6.45) is 1.06. The summed E-state index contributed by atoms with van der Waals surface area (Å²) in [6, 6.07) is 6.52. The lowest BCUT2D eigenvalue weighted by atomic mass is 10.00. The molecule has 1 heterocycles. The largest absolute Gasteiger partial charge is 0.492 e. The Hall–Kier alpha value is -1.13. The van der Waals surface area contributed by atoms with E-state index in [1.807, 2.05) is 0 Å². The summed E-state index contributed by atoms with van der Waals surface area (Å²) in [4.78, 5) is 0. The Kier molecular flexibility index (Phi) is 4.96. The minimum absolute atomic E-state index is 0.265. The monoisotopic (exact) mass is 253 g/mol. The molecule has 2 atom stereocenters. The Bertz CT molecular complexity index is 367. The normalized spacial score (nSPS) is 20.9. The molecule has 1 aliphatic heterocycles. The van der Waals surface area contributed by atoms with Crippen LogP contribution in [0.2, 0.25) is 0 Å². The van der Waals surface area contributed by atoms with Crippen molar-refractivity contribution in [2.24, 2.45) is 5.92 Å². The number of hydrogen-bond donors (Lipinski definition) is 1. The van der Waals surface area contributed by atoms with Crippen LogP contribution in [0.5, 0.6) is 5.75 Å². The molecule has 4 heteroatoms. The number of rotatable bonds is 6. The number of ether oxygens (including phenoxy) is 2. The zero-order valence-electron chi connectivity index (χ0n) is 10.7. The predicted molar refractivity (Wildman–Crippen MR) is 68.3 cm³/mol. The molecule has 2 rings (SSSR count). The fourth-order valence-corrected chi connectivity index (χ4v) is 2.24.